The second-order valence-electron chi connectivity index (χ2n) is 8.85. The topological polar surface area (TPSA) is 48.0 Å². The minimum atomic E-state index is -0.564. The number of hydrogen-bond donors (Lipinski definition) is 0. The van der Waals surface area contributed by atoms with E-state index in [1.807, 2.05) is 65.6 Å². The van der Waals surface area contributed by atoms with E-state index in [-0.39, 0.29) is 29.4 Å². The van der Waals surface area contributed by atoms with E-state index in [1.54, 1.807) is 0 Å². The molecular weight excluding hydrogens is 434 g/mol. The van der Waals surface area contributed by atoms with Gasteiger partial charge in [0, 0.05) is 18.8 Å². The number of carbonyl (C=O) groups excluding carboxylic acids is 1. The van der Waals surface area contributed by atoms with Gasteiger partial charge < -0.3 is 19.1 Å². The van der Waals surface area contributed by atoms with Gasteiger partial charge in [0.05, 0.1) is 6.61 Å². The quantitative estimate of drug-likeness (QED) is 0.237. The van der Waals surface area contributed by atoms with Gasteiger partial charge in [-0.15, -0.1) is 0 Å². The third-order valence-electron chi connectivity index (χ3n) is 6.44. The minimum Gasteiger partial charge on any atom is -0.450 e. The summed E-state index contributed by atoms with van der Waals surface area (Å²) in [5.74, 6) is -0.0112. The highest BCUT2D eigenvalue weighted by Gasteiger charge is 2.57. The van der Waals surface area contributed by atoms with Crippen LogP contribution >= 0.6 is 12.2 Å². The first kappa shape index (κ1) is 23.7. The van der Waals surface area contributed by atoms with Crippen LogP contribution in [0.5, 0.6) is 0 Å². The molecule has 6 heteroatoms. The van der Waals surface area contributed by atoms with Crippen LogP contribution in [0.15, 0.2) is 60.7 Å². The zero-order valence-corrected chi connectivity index (χ0v) is 20.0. The lowest BCUT2D eigenvalue weighted by molar-refractivity contribution is -0.188. The average molecular weight is 468 g/mol. The molecule has 2 aliphatic rings. The molecule has 2 fully saturated rings. The number of ether oxygens (including phenoxy) is 3. The summed E-state index contributed by atoms with van der Waals surface area (Å²) >= 11 is 5.27. The van der Waals surface area contributed by atoms with Gasteiger partial charge in [0.15, 0.2) is 12.2 Å². The van der Waals surface area contributed by atoms with Gasteiger partial charge in [-0.1, -0.05) is 93.3 Å². The highest BCUT2D eigenvalue weighted by atomic mass is 32.1. The molecule has 0 unspecified atom stereocenters. The summed E-state index contributed by atoms with van der Waals surface area (Å²) in [6, 6.07) is 19.7. The van der Waals surface area contributed by atoms with Crippen LogP contribution in [-0.2, 0) is 32.2 Å². The first-order valence-corrected chi connectivity index (χ1v) is 12.5. The van der Waals surface area contributed by atoms with E-state index < -0.39 is 6.10 Å². The van der Waals surface area contributed by atoms with E-state index >= 15 is 0 Å². The van der Waals surface area contributed by atoms with Crippen LogP contribution in [-0.4, -0.2) is 40.4 Å². The van der Waals surface area contributed by atoms with Crippen molar-refractivity contribution in [3.8, 4) is 0 Å². The Balaban J connectivity index is 1.46. The van der Waals surface area contributed by atoms with Crippen molar-refractivity contribution < 1.29 is 19.0 Å². The normalized spacial score (nSPS) is 24.3. The van der Waals surface area contributed by atoms with Crippen molar-refractivity contribution in [1.29, 1.82) is 0 Å². The van der Waals surface area contributed by atoms with E-state index in [2.05, 4.69) is 6.92 Å². The van der Waals surface area contributed by atoms with Gasteiger partial charge in [0.25, 0.3) is 5.91 Å². The number of amides is 1. The fraction of sp³-hybridized carbons (Fsp3) is 0.481. The molecule has 0 aliphatic carbocycles. The minimum absolute atomic E-state index is 0.0112. The zero-order chi connectivity index (χ0) is 23.0. The van der Waals surface area contributed by atoms with Crippen LogP contribution in [0.3, 0.4) is 0 Å². The van der Waals surface area contributed by atoms with Crippen molar-refractivity contribution in [2.75, 3.05) is 0 Å². The van der Waals surface area contributed by atoms with Crippen molar-refractivity contribution in [2.24, 2.45) is 0 Å². The molecule has 0 N–H and O–H groups in total. The van der Waals surface area contributed by atoms with E-state index in [0.717, 1.165) is 24.0 Å². The van der Waals surface area contributed by atoms with Crippen LogP contribution in [0, 0.1) is 0 Å². The number of nitrogens with zero attached hydrogens (tertiary/aromatic N) is 1. The van der Waals surface area contributed by atoms with Gasteiger partial charge in [-0.2, -0.15) is 0 Å². The fourth-order valence-electron chi connectivity index (χ4n) is 4.65. The molecule has 0 spiro atoms. The first-order valence-electron chi connectivity index (χ1n) is 12.0. The molecule has 5 nitrogen and oxygen atoms in total. The standard InChI is InChI=1S/C27H33NO4S/c1-2-3-4-5-12-17-22-24(32-27(33)31-22)23-25(30-19-21-15-10-7-11-16-21)26(29)28(23)18-20-13-8-6-9-14-20/h6-11,13-16,22-25H,2-5,12,17-19H2,1H3/t22-,23-,24+,25+/m0/s1. The first-order chi connectivity index (χ1) is 16.2. The number of β-lactam (4-membered cyclic amide) rings is 1. The van der Waals surface area contributed by atoms with Gasteiger partial charge >= 0.3 is 5.24 Å². The van der Waals surface area contributed by atoms with E-state index in [0.29, 0.717) is 13.2 Å². The van der Waals surface area contributed by atoms with Crippen LogP contribution in [0.4, 0.5) is 0 Å². The van der Waals surface area contributed by atoms with E-state index in [9.17, 15) is 4.79 Å². The molecule has 4 atom stereocenters. The molecule has 4 rings (SSSR count). The van der Waals surface area contributed by atoms with Gasteiger partial charge in [-0.25, -0.2) is 0 Å². The molecule has 2 aromatic rings. The van der Waals surface area contributed by atoms with Crippen LogP contribution in [0.2, 0.25) is 0 Å². The lowest BCUT2D eigenvalue weighted by Crippen LogP contribution is -2.70. The maximum absolute atomic E-state index is 13.1. The van der Waals surface area contributed by atoms with Crippen LogP contribution in [0.1, 0.15) is 56.6 Å². The smallest absolute Gasteiger partial charge is 0.353 e. The van der Waals surface area contributed by atoms with Crippen molar-refractivity contribution in [3.05, 3.63) is 71.8 Å². The third kappa shape index (κ3) is 5.92. The molecular formula is C27H33NO4S. The summed E-state index contributed by atoms with van der Waals surface area (Å²) in [6.45, 7) is 3.12. The highest BCUT2D eigenvalue weighted by Crippen LogP contribution is 2.36. The number of carbonyl (C=O) groups is 1. The molecule has 176 valence electrons. The SMILES string of the molecule is CCCCCCC[C@@H]1OC(=S)O[C@H]1[C@H]1[C@@H](OCc2ccccc2)C(=O)N1Cc1ccccc1. The van der Waals surface area contributed by atoms with Gasteiger partial charge in [-0.05, 0) is 24.0 Å². The molecule has 2 saturated heterocycles. The number of thiocarbonyl (C=S) groups is 1. The van der Waals surface area contributed by atoms with Gasteiger partial charge in [-0.3, -0.25) is 4.79 Å². The van der Waals surface area contributed by atoms with E-state index in [1.165, 1.54) is 25.7 Å². The Kier molecular flexibility index (Phi) is 8.35. The molecule has 0 bridgehead atoms. The number of rotatable bonds is 12. The zero-order valence-electron chi connectivity index (χ0n) is 19.2. The lowest BCUT2D eigenvalue weighted by atomic mass is 9.87. The Bertz CT molecular complexity index is 907. The molecule has 0 saturated carbocycles. The predicted octanol–water partition coefficient (Wildman–Crippen LogP) is 5.41. The predicted molar refractivity (Wildman–Crippen MR) is 132 cm³/mol. The maximum atomic E-state index is 13.1. The second kappa shape index (κ2) is 11.6. The van der Waals surface area contributed by atoms with Crippen molar-refractivity contribution >= 4 is 23.4 Å². The summed E-state index contributed by atoms with van der Waals surface area (Å²) in [5, 5.41) is 0.180. The molecule has 2 aromatic carbocycles. The second-order valence-corrected chi connectivity index (χ2v) is 9.18. The Labute approximate surface area is 202 Å². The summed E-state index contributed by atoms with van der Waals surface area (Å²) in [7, 11) is 0. The Hall–Kier alpha value is -2.44. The largest absolute Gasteiger partial charge is 0.450 e. The Morgan fingerprint density at radius 2 is 1.58 bits per heavy atom. The average Bonchev–Trinajstić information content (AvgIpc) is 3.20. The summed E-state index contributed by atoms with van der Waals surface area (Å²) in [4.78, 5) is 15.0. The molecule has 0 aromatic heterocycles. The van der Waals surface area contributed by atoms with E-state index in [4.69, 9.17) is 26.4 Å². The van der Waals surface area contributed by atoms with Crippen LogP contribution < -0.4 is 0 Å². The van der Waals surface area contributed by atoms with Gasteiger partial charge in [0.2, 0.25) is 0 Å². The fourth-order valence-corrected chi connectivity index (χ4v) is 4.88. The lowest BCUT2D eigenvalue weighted by Gasteiger charge is -2.49. The number of hydrogen-bond acceptors (Lipinski definition) is 5. The van der Waals surface area contributed by atoms with Gasteiger partial charge in [0.1, 0.15) is 12.1 Å². The Morgan fingerprint density at radius 3 is 2.27 bits per heavy atom. The van der Waals surface area contributed by atoms with Crippen molar-refractivity contribution in [2.45, 2.75) is 83.0 Å². The summed E-state index contributed by atoms with van der Waals surface area (Å²) in [6.07, 6.45) is 5.75. The van der Waals surface area contributed by atoms with Crippen molar-refractivity contribution in [3.63, 3.8) is 0 Å². The number of benzene rings is 2. The maximum Gasteiger partial charge on any atom is 0.353 e. The Morgan fingerprint density at radius 1 is 0.909 bits per heavy atom. The van der Waals surface area contributed by atoms with Crippen LogP contribution in [0.25, 0.3) is 0 Å². The summed E-state index contributed by atoms with van der Waals surface area (Å²) < 4.78 is 18.0. The molecule has 0 radical (unpaired) electrons. The monoisotopic (exact) mass is 467 g/mol. The number of likely N-dealkylation sites (tertiary alicyclic amines) is 1. The van der Waals surface area contributed by atoms with Crippen molar-refractivity contribution in [1.82, 2.24) is 4.90 Å². The molecule has 33 heavy (non-hydrogen) atoms. The summed E-state index contributed by atoms with van der Waals surface area (Å²) in [5.41, 5.74) is 2.12. The molecule has 1 amide bonds. The number of unbranched alkanes of at least 4 members (excludes halogenated alkanes) is 4. The highest BCUT2D eigenvalue weighted by molar-refractivity contribution is 7.79. The molecule has 2 aliphatic heterocycles. The third-order valence-corrected chi connectivity index (χ3v) is 6.63. The molecule has 2 heterocycles.